The van der Waals surface area contributed by atoms with E-state index in [0.29, 0.717) is 6.04 Å². The van der Waals surface area contributed by atoms with E-state index in [1.165, 1.54) is 30.2 Å². The maximum absolute atomic E-state index is 4.74. The summed E-state index contributed by atoms with van der Waals surface area (Å²) < 4.78 is 0. The molecule has 1 fully saturated rings. The molecule has 17 heavy (non-hydrogen) atoms. The zero-order valence-electron chi connectivity index (χ0n) is 11.1. The lowest BCUT2D eigenvalue weighted by molar-refractivity contribution is 0.491. The second-order valence-corrected chi connectivity index (χ2v) is 5.89. The van der Waals surface area contributed by atoms with Crippen LogP contribution >= 0.6 is 11.3 Å². The molecule has 0 amide bonds. The molecule has 4 heteroatoms. The summed E-state index contributed by atoms with van der Waals surface area (Å²) in [5.41, 5.74) is 1.18. The van der Waals surface area contributed by atoms with Gasteiger partial charge >= 0.3 is 0 Å². The Balaban J connectivity index is 2.03. The maximum Gasteiger partial charge on any atom is 0.185 e. The Labute approximate surface area is 108 Å². The van der Waals surface area contributed by atoms with Crippen LogP contribution in [0.25, 0.3) is 0 Å². The molecule has 1 atom stereocenters. The van der Waals surface area contributed by atoms with Crippen molar-refractivity contribution in [1.82, 2.24) is 10.3 Å². The standard InChI is InChI=1S/C13H23N3S/c1-4-14-8-11-9-17-13(15-11)16-7-5-6-12(16)10(2)3/h9-10,12,14H,4-8H2,1-3H3. The summed E-state index contributed by atoms with van der Waals surface area (Å²) in [6.07, 6.45) is 2.63. The van der Waals surface area contributed by atoms with E-state index in [2.05, 4.69) is 36.4 Å². The fraction of sp³-hybridized carbons (Fsp3) is 0.769. The molecule has 1 aromatic heterocycles. The van der Waals surface area contributed by atoms with Crippen LogP contribution in [0.1, 0.15) is 39.3 Å². The van der Waals surface area contributed by atoms with E-state index in [1.807, 2.05) is 0 Å². The van der Waals surface area contributed by atoms with Crippen LogP contribution in [0.15, 0.2) is 5.38 Å². The normalized spacial score (nSPS) is 20.5. The number of hydrogen-bond acceptors (Lipinski definition) is 4. The fourth-order valence-corrected chi connectivity index (χ4v) is 3.40. The van der Waals surface area contributed by atoms with Crippen LogP contribution in [-0.2, 0) is 6.54 Å². The quantitative estimate of drug-likeness (QED) is 0.874. The van der Waals surface area contributed by atoms with Gasteiger partial charge in [-0.25, -0.2) is 4.98 Å². The highest BCUT2D eigenvalue weighted by Crippen LogP contribution is 2.31. The van der Waals surface area contributed by atoms with Gasteiger partial charge in [0.2, 0.25) is 0 Å². The molecular formula is C13H23N3S. The van der Waals surface area contributed by atoms with E-state index in [9.17, 15) is 0 Å². The molecule has 1 N–H and O–H groups in total. The number of aromatic nitrogens is 1. The Morgan fingerprint density at radius 2 is 2.41 bits per heavy atom. The fourth-order valence-electron chi connectivity index (χ4n) is 2.49. The number of thiazole rings is 1. The number of nitrogens with zero attached hydrogens (tertiary/aromatic N) is 2. The Hall–Kier alpha value is -0.610. The predicted molar refractivity (Wildman–Crippen MR) is 74.7 cm³/mol. The first kappa shape index (κ1) is 12.8. The smallest absolute Gasteiger partial charge is 0.185 e. The summed E-state index contributed by atoms with van der Waals surface area (Å²) in [4.78, 5) is 7.25. The molecule has 0 spiro atoms. The summed E-state index contributed by atoms with van der Waals surface area (Å²) in [6, 6.07) is 0.688. The second-order valence-electron chi connectivity index (χ2n) is 5.05. The molecule has 96 valence electrons. The maximum atomic E-state index is 4.74. The van der Waals surface area contributed by atoms with Gasteiger partial charge in [0.15, 0.2) is 5.13 Å². The molecular weight excluding hydrogens is 230 g/mol. The Morgan fingerprint density at radius 3 is 3.12 bits per heavy atom. The van der Waals surface area contributed by atoms with Crippen molar-refractivity contribution < 1.29 is 0 Å². The van der Waals surface area contributed by atoms with Gasteiger partial charge in [0.05, 0.1) is 5.69 Å². The molecule has 0 saturated carbocycles. The number of anilines is 1. The van der Waals surface area contributed by atoms with Crippen molar-refractivity contribution in [3.63, 3.8) is 0 Å². The molecule has 0 radical (unpaired) electrons. The van der Waals surface area contributed by atoms with Crippen molar-refractivity contribution in [2.24, 2.45) is 5.92 Å². The third kappa shape index (κ3) is 2.99. The molecule has 0 aliphatic carbocycles. The van der Waals surface area contributed by atoms with Gasteiger partial charge < -0.3 is 10.2 Å². The van der Waals surface area contributed by atoms with Crippen molar-refractivity contribution in [3.05, 3.63) is 11.1 Å². The van der Waals surface area contributed by atoms with E-state index in [1.54, 1.807) is 11.3 Å². The van der Waals surface area contributed by atoms with E-state index < -0.39 is 0 Å². The third-order valence-electron chi connectivity index (χ3n) is 3.41. The zero-order valence-corrected chi connectivity index (χ0v) is 11.9. The zero-order chi connectivity index (χ0) is 12.3. The molecule has 1 aliphatic heterocycles. The van der Waals surface area contributed by atoms with E-state index in [-0.39, 0.29) is 0 Å². The van der Waals surface area contributed by atoms with Gasteiger partial charge in [0, 0.05) is 24.5 Å². The van der Waals surface area contributed by atoms with Gasteiger partial charge in [0.1, 0.15) is 0 Å². The highest BCUT2D eigenvalue weighted by molar-refractivity contribution is 7.13. The topological polar surface area (TPSA) is 28.2 Å². The summed E-state index contributed by atoms with van der Waals surface area (Å²) in [5.74, 6) is 0.721. The lowest BCUT2D eigenvalue weighted by Crippen LogP contribution is -2.33. The average Bonchev–Trinajstić information content (AvgIpc) is 2.94. The van der Waals surface area contributed by atoms with Gasteiger partial charge in [0.25, 0.3) is 0 Å². The number of rotatable bonds is 5. The molecule has 2 heterocycles. The molecule has 1 unspecified atom stereocenters. The summed E-state index contributed by atoms with van der Waals surface area (Å²) >= 11 is 1.79. The Bertz CT molecular complexity index is 348. The first-order chi connectivity index (χ1) is 8.22. The van der Waals surface area contributed by atoms with Gasteiger partial charge in [-0.2, -0.15) is 0 Å². The minimum Gasteiger partial charge on any atom is -0.345 e. The van der Waals surface area contributed by atoms with E-state index in [0.717, 1.165) is 19.0 Å². The molecule has 3 nitrogen and oxygen atoms in total. The Kier molecular flexibility index (Phi) is 4.40. The SMILES string of the molecule is CCNCc1csc(N2CCCC2C(C)C)n1. The molecule has 1 aromatic rings. The van der Waals surface area contributed by atoms with Crippen LogP contribution in [0.2, 0.25) is 0 Å². The van der Waals surface area contributed by atoms with Crippen molar-refractivity contribution in [3.8, 4) is 0 Å². The van der Waals surface area contributed by atoms with Gasteiger partial charge in [-0.15, -0.1) is 11.3 Å². The largest absolute Gasteiger partial charge is 0.345 e. The highest BCUT2D eigenvalue weighted by Gasteiger charge is 2.28. The first-order valence-corrected chi connectivity index (χ1v) is 7.52. The van der Waals surface area contributed by atoms with Crippen molar-refractivity contribution in [1.29, 1.82) is 0 Å². The minimum absolute atomic E-state index is 0.688. The van der Waals surface area contributed by atoms with E-state index in [4.69, 9.17) is 4.98 Å². The second kappa shape index (κ2) is 5.83. The van der Waals surface area contributed by atoms with Gasteiger partial charge in [-0.1, -0.05) is 20.8 Å². The van der Waals surface area contributed by atoms with Crippen LogP contribution in [0.3, 0.4) is 0 Å². The van der Waals surface area contributed by atoms with Crippen molar-refractivity contribution in [2.45, 2.75) is 46.2 Å². The third-order valence-corrected chi connectivity index (χ3v) is 4.34. The van der Waals surface area contributed by atoms with Crippen LogP contribution in [0.4, 0.5) is 5.13 Å². The molecule has 1 aliphatic rings. The van der Waals surface area contributed by atoms with Crippen LogP contribution < -0.4 is 10.2 Å². The minimum atomic E-state index is 0.688. The number of nitrogens with one attached hydrogen (secondary N) is 1. The van der Waals surface area contributed by atoms with Gasteiger partial charge in [-0.3, -0.25) is 0 Å². The molecule has 2 rings (SSSR count). The summed E-state index contributed by atoms with van der Waals surface area (Å²) in [7, 11) is 0. The lowest BCUT2D eigenvalue weighted by Gasteiger charge is -2.27. The molecule has 0 bridgehead atoms. The predicted octanol–water partition coefficient (Wildman–Crippen LogP) is 2.88. The molecule has 1 saturated heterocycles. The average molecular weight is 253 g/mol. The first-order valence-electron chi connectivity index (χ1n) is 6.64. The van der Waals surface area contributed by atoms with Crippen molar-refractivity contribution in [2.75, 3.05) is 18.0 Å². The van der Waals surface area contributed by atoms with Crippen molar-refractivity contribution >= 4 is 16.5 Å². The lowest BCUT2D eigenvalue weighted by atomic mass is 10.0. The van der Waals surface area contributed by atoms with Crippen LogP contribution in [-0.4, -0.2) is 24.1 Å². The summed E-state index contributed by atoms with van der Waals surface area (Å²) in [6.45, 7) is 9.84. The van der Waals surface area contributed by atoms with Crippen LogP contribution in [0, 0.1) is 5.92 Å². The van der Waals surface area contributed by atoms with Crippen LogP contribution in [0.5, 0.6) is 0 Å². The highest BCUT2D eigenvalue weighted by atomic mass is 32.1. The summed E-state index contributed by atoms with van der Waals surface area (Å²) in [5, 5.41) is 6.73. The Morgan fingerprint density at radius 1 is 1.59 bits per heavy atom. The van der Waals surface area contributed by atoms with Gasteiger partial charge in [-0.05, 0) is 25.3 Å². The van der Waals surface area contributed by atoms with E-state index >= 15 is 0 Å². The molecule has 0 aromatic carbocycles. The monoisotopic (exact) mass is 253 g/mol. The number of hydrogen-bond donors (Lipinski definition) is 1.